The lowest BCUT2D eigenvalue weighted by Gasteiger charge is -2.28. The highest BCUT2D eigenvalue weighted by Gasteiger charge is 2.20. The maximum absolute atomic E-state index is 14.1. The lowest BCUT2D eigenvalue weighted by Crippen LogP contribution is -2.29. The van der Waals surface area contributed by atoms with Crippen LogP contribution in [0.4, 0.5) is 16.0 Å². The molecule has 6 nitrogen and oxygen atoms in total. The van der Waals surface area contributed by atoms with Gasteiger partial charge in [0, 0.05) is 49.3 Å². The van der Waals surface area contributed by atoms with Crippen LogP contribution >= 0.6 is 0 Å². The van der Waals surface area contributed by atoms with E-state index in [4.69, 9.17) is 5.11 Å². The van der Waals surface area contributed by atoms with Crippen molar-refractivity contribution in [2.45, 2.75) is 32.2 Å². The van der Waals surface area contributed by atoms with Gasteiger partial charge in [-0.1, -0.05) is 36.8 Å². The summed E-state index contributed by atoms with van der Waals surface area (Å²) in [5, 5.41) is 9.12. The van der Waals surface area contributed by atoms with Crippen molar-refractivity contribution >= 4 is 17.5 Å². The summed E-state index contributed by atoms with van der Waals surface area (Å²) >= 11 is 0. The molecular weight excluding hydrogens is 407 g/mol. The highest BCUT2D eigenvalue weighted by atomic mass is 19.1. The van der Waals surface area contributed by atoms with E-state index in [9.17, 15) is 9.18 Å². The lowest BCUT2D eigenvalue weighted by atomic mass is 9.99. The summed E-state index contributed by atoms with van der Waals surface area (Å²) in [6.45, 7) is 0.685. The van der Waals surface area contributed by atoms with Gasteiger partial charge in [0.05, 0.1) is 0 Å². The minimum Gasteiger partial charge on any atom is -0.387 e. The van der Waals surface area contributed by atoms with E-state index in [2.05, 4.69) is 27.0 Å². The number of hydrogen-bond donors (Lipinski definition) is 1. The largest absolute Gasteiger partial charge is 0.387 e. The van der Waals surface area contributed by atoms with Crippen molar-refractivity contribution in [1.82, 2.24) is 14.9 Å². The molecule has 0 fully saturated rings. The Hall–Kier alpha value is -3.32. The van der Waals surface area contributed by atoms with Crippen LogP contribution in [0.15, 0.2) is 54.9 Å². The summed E-state index contributed by atoms with van der Waals surface area (Å²) in [6.07, 6.45) is 7.55. The van der Waals surface area contributed by atoms with Crippen molar-refractivity contribution in [2.24, 2.45) is 0 Å². The molecule has 7 heteroatoms. The number of halogens is 1. The fourth-order valence-corrected chi connectivity index (χ4v) is 4.04. The average molecular weight is 435 g/mol. The Morgan fingerprint density at radius 3 is 2.66 bits per heavy atom. The normalized spacial score (nSPS) is 13.8. The van der Waals surface area contributed by atoms with E-state index >= 15 is 0 Å². The predicted octanol–water partition coefficient (Wildman–Crippen LogP) is 4.10. The van der Waals surface area contributed by atoms with Crippen LogP contribution in [-0.4, -0.2) is 46.1 Å². The van der Waals surface area contributed by atoms with E-state index in [0.717, 1.165) is 43.5 Å². The first-order chi connectivity index (χ1) is 15.6. The number of hydrogen-bond acceptors (Lipinski definition) is 5. The average Bonchev–Trinajstić information content (AvgIpc) is 2.80. The number of carbonyl (C=O) groups excluding carboxylic acids is 1. The first-order valence-electron chi connectivity index (χ1n) is 10.9. The van der Waals surface area contributed by atoms with Crippen LogP contribution in [0.1, 0.15) is 30.4 Å². The third-order valence-electron chi connectivity index (χ3n) is 5.81. The molecule has 1 aliphatic rings. The number of benzene rings is 2. The van der Waals surface area contributed by atoms with Gasteiger partial charge in [-0.25, -0.2) is 14.4 Å². The molecule has 0 bridgehead atoms. The first kappa shape index (κ1) is 21.9. The Bertz CT molecular complexity index is 1090. The number of fused-ring (bicyclic) bond motifs is 1. The van der Waals surface area contributed by atoms with Gasteiger partial charge in [0.2, 0.25) is 11.9 Å². The van der Waals surface area contributed by atoms with E-state index in [0.29, 0.717) is 23.6 Å². The maximum atomic E-state index is 14.1. The summed E-state index contributed by atoms with van der Waals surface area (Å²) in [6, 6.07) is 12.8. The van der Waals surface area contributed by atoms with Gasteiger partial charge < -0.3 is 14.9 Å². The van der Waals surface area contributed by atoms with E-state index in [1.165, 1.54) is 16.5 Å². The topological polar surface area (TPSA) is 69.6 Å². The maximum Gasteiger partial charge on any atom is 0.248 e. The summed E-state index contributed by atoms with van der Waals surface area (Å²) in [5.41, 5.74) is 4.33. The van der Waals surface area contributed by atoms with Gasteiger partial charge in [-0.05, 0) is 42.5 Å². The van der Waals surface area contributed by atoms with E-state index in [1.807, 2.05) is 6.07 Å². The summed E-state index contributed by atoms with van der Waals surface area (Å²) in [5.74, 6) is -0.0440. The molecule has 1 aliphatic heterocycles. The zero-order chi connectivity index (χ0) is 22.5. The summed E-state index contributed by atoms with van der Waals surface area (Å²) in [7, 11) is 1.68. The van der Waals surface area contributed by atoms with Crippen LogP contribution in [0, 0.1) is 5.82 Å². The highest BCUT2D eigenvalue weighted by molar-refractivity contribution is 5.77. The molecule has 2 heterocycles. The van der Waals surface area contributed by atoms with Crippen molar-refractivity contribution in [3.63, 3.8) is 0 Å². The number of likely N-dealkylation sites (N-methyl/N-ethyl adjacent to an activating group) is 1. The van der Waals surface area contributed by atoms with Crippen LogP contribution in [0.5, 0.6) is 0 Å². The van der Waals surface area contributed by atoms with Crippen LogP contribution in [-0.2, 0) is 17.8 Å². The molecule has 1 N–H and O–H groups in total. The van der Waals surface area contributed by atoms with E-state index in [1.54, 1.807) is 37.6 Å². The number of rotatable bonds is 5. The third-order valence-corrected chi connectivity index (χ3v) is 5.81. The van der Waals surface area contributed by atoms with Gasteiger partial charge in [-0.2, -0.15) is 0 Å². The number of aliphatic hydroxyl groups is 1. The molecule has 0 spiro atoms. The van der Waals surface area contributed by atoms with Crippen molar-refractivity contribution in [2.75, 3.05) is 25.1 Å². The Morgan fingerprint density at radius 2 is 1.91 bits per heavy atom. The number of amides is 1. The van der Waals surface area contributed by atoms with Crippen LogP contribution in [0.2, 0.25) is 0 Å². The van der Waals surface area contributed by atoms with Crippen molar-refractivity contribution < 1.29 is 14.3 Å². The third kappa shape index (κ3) is 4.78. The zero-order valence-electron chi connectivity index (χ0n) is 18.2. The molecule has 4 rings (SSSR count). The molecule has 0 unspecified atom stereocenters. The zero-order valence-corrected chi connectivity index (χ0v) is 18.2. The number of aliphatic hydroxyl groups excluding tert-OH is 1. The van der Waals surface area contributed by atoms with Crippen molar-refractivity contribution in [1.29, 1.82) is 0 Å². The second kappa shape index (κ2) is 9.87. The number of aryl methyl sites for hydroxylation is 1. The van der Waals surface area contributed by atoms with E-state index in [-0.39, 0.29) is 11.7 Å². The number of aromatic nitrogens is 2. The molecule has 0 saturated carbocycles. The Morgan fingerprint density at radius 1 is 1.12 bits per heavy atom. The van der Waals surface area contributed by atoms with Crippen LogP contribution in [0.25, 0.3) is 11.1 Å². The van der Waals surface area contributed by atoms with Crippen molar-refractivity contribution in [3.05, 3.63) is 71.8 Å². The molecule has 32 heavy (non-hydrogen) atoms. The predicted molar refractivity (Wildman–Crippen MR) is 122 cm³/mol. The fraction of sp³-hybridized carbons (Fsp3) is 0.320. The monoisotopic (exact) mass is 434 g/mol. The highest BCUT2D eigenvalue weighted by Crippen LogP contribution is 2.32. The van der Waals surface area contributed by atoms with Gasteiger partial charge in [0.15, 0.2) is 0 Å². The lowest BCUT2D eigenvalue weighted by molar-refractivity contribution is -0.133. The number of carbonyl (C=O) groups is 1. The Balaban J connectivity index is 1.66. The molecule has 1 aromatic heterocycles. The summed E-state index contributed by atoms with van der Waals surface area (Å²) in [4.78, 5) is 24.5. The smallest absolute Gasteiger partial charge is 0.248 e. The van der Waals surface area contributed by atoms with Crippen LogP contribution < -0.4 is 4.90 Å². The van der Waals surface area contributed by atoms with Gasteiger partial charge in [0.1, 0.15) is 12.4 Å². The van der Waals surface area contributed by atoms with Gasteiger partial charge in [0.25, 0.3) is 0 Å². The second-order valence-corrected chi connectivity index (χ2v) is 8.08. The van der Waals surface area contributed by atoms with Crippen LogP contribution in [0.3, 0.4) is 0 Å². The molecule has 0 radical (unpaired) electrons. The molecule has 0 atom stereocenters. The quantitative estimate of drug-likeness (QED) is 0.655. The Kier molecular flexibility index (Phi) is 6.75. The van der Waals surface area contributed by atoms with E-state index < -0.39 is 6.61 Å². The molecular formula is C25H27FN4O2. The number of anilines is 2. The molecule has 1 amide bonds. The minimum atomic E-state index is -0.504. The Labute approximate surface area is 187 Å². The van der Waals surface area contributed by atoms with Gasteiger partial charge in [-0.3, -0.25) is 4.79 Å². The standard InChI is InChI=1S/C25H27FN4O2/c1-29(24(32)17-31)16-18-10-11-19-7-3-2-6-12-30(23(19)13-18)25-27-14-20(15-28-25)21-8-4-5-9-22(21)26/h4-5,8-11,13-15,31H,2-3,6-7,12,16-17H2,1H3. The minimum absolute atomic E-state index is 0.299. The number of nitrogens with zero attached hydrogens (tertiary/aromatic N) is 4. The first-order valence-corrected chi connectivity index (χ1v) is 10.9. The second-order valence-electron chi connectivity index (χ2n) is 8.08. The molecule has 2 aromatic carbocycles. The van der Waals surface area contributed by atoms with Gasteiger partial charge in [-0.15, -0.1) is 0 Å². The van der Waals surface area contributed by atoms with Crippen molar-refractivity contribution in [3.8, 4) is 11.1 Å². The molecule has 166 valence electrons. The fourth-order valence-electron chi connectivity index (χ4n) is 4.04. The van der Waals surface area contributed by atoms with Gasteiger partial charge >= 0.3 is 0 Å². The summed E-state index contributed by atoms with van der Waals surface area (Å²) < 4.78 is 14.1. The molecule has 0 saturated heterocycles. The molecule has 3 aromatic rings. The SMILES string of the molecule is CN(Cc1ccc2c(c1)N(c1ncc(-c3ccccc3F)cn1)CCCCC2)C(=O)CO. The molecule has 0 aliphatic carbocycles.